The monoisotopic (exact) mass is 237 g/mol. The van der Waals surface area contributed by atoms with Gasteiger partial charge in [0.25, 0.3) is 0 Å². The molecule has 4 heteroatoms. The summed E-state index contributed by atoms with van der Waals surface area (Å²) >= 11 is 5.84. The normalized spacial score (nSPS) is 10.4. The molecule has 2 rings (SSSR count). The number of nitrogens with zero attached hydrogens (tertiary/aromatic N) is 1. The number of rotatable bonds is 2. The van der Waals surface area contributed by atoms with Crippen molar-refractivity contribution >= 4 is 11.6 Å². The number of benzene rings is 1. The summed E-state index contributed by atoms with van der Waals surface area (Å²) in [5.41, 5.74) is 1.42. The van der Waals surface area contributed by atoms with Gasteiger partial charge in [-0.25, -0.2) is 9.37 Å². The standard InChI is InChI=1S/C12H9ClFNO/c13-12-10(7-16)8(5-6-15-12)9-3-1-2-4-11(9)14/h1-6,16H,7H2. The van der Waals surface area contributed by atoms with Crippen LogP contribution in [-0.4, -0.2) is 10.1 Å². The zero-order valence-corrected chi connectivity index (χ0v) is 9.08. The van der Waals surface area contributed by atoms with Gasteiger partial charge in [0.05, 0.1) is 6.61 Å². The minimum atomic E-state index is -0.348. The number of halogens is 2. The van der Waals surface area contributed by atoms with E-state index in [9.17, 15) is 9.50 Å². The lowest BCUT2D eigenvalue weighted by molar-refractivity contribution is 0.282. The number of hydrogen-bond acceptors (Lipinski definition) is 2. The van der Waals surface area contributed by atoms with Crippen molar-refractivity contribution in [3.05, 3.63) is 53.1 Å². The fourth-order valence-corrected chi connectivity index (χ4v) is 1.77. The molecule has 0 aliphatic rings. The third-order valence-corrected chi connectivity index (χ3v) is 2.65. The van der Waals surface area contributed by atoms with Gasteiger partial charge in [0.2, 0.25) is 0 Å². The molecule has 0 aliphatic heterocycles. The minimum absolute atomic E-state index is 0.197. The highest BCUT2D eigenvalue weighted by atomic mass is 35.5. The van der Waals surface area contributed by atoms with Gasteiger partial charge < -0.3 is 5.11 Å². The van der Waals surface area contributed by atoms with Gasteiger partial charge in [-0.05, 0) is 17.7 Å². The fourth-order valence-electron chi connectivity index (χ4n) is 1.55. The van der Waals surface area contributed by atoms with Crippen LogP contribution in [0.25, 0.3) is 11.1 Å². The highest BCUT2D eigenvalue weighted by Gasteiger charge is 2.11. The topological polar surface area (TPSA) is 33.1 Å². The van der Waals surface area contributed by atoms with Gasteiger partial charge in [-0.3, -0.25) is 0 Å². The molecule has 1 N–H and O–H groups in total. The molecule has 16 heavy (non-hydrogen) atoms. The maximum atomic E-state index is 13.6. The second-order valence-electron chi connectivity index (χ2n) is 3.27. The molecule has 0 saturated heterocycles. The summed E-state index contributed by atoms with van der Waals surface area (Å²) in [7, 11) is 0. The van der Waals surface area contributed by atoms with Crippen molar-refractivity contribution < 1.29 is 9.50 Å². The first-order valence-corrected chi connectivity index (χ1v) is 5.11. The third-order valence-electron chi connectivity index (χ3n) is 2.33. The largest absolute Gasteiger partial charge is 0.392 e. The summed E-state index contributed by atoms with van der Waals surface area (Å²) < 4.78 is 13.6. The average molecular weight is 238 g/mol. The van der Waals surface area contributed by atoms with E-state index >= 15 is 0 Å². The Labute approximate surface area is 97.3 Å². The van der Waals surface area contributed by atoms with Crippen molar-refractivity contribution in [3.63, 3.8) is 0 Å². The van der Waals surface area contributed by atoms with Crippen LogP contribution in [0.2, 0.25) is 5.15 Å². The maximum absolute atomic E-state index is 13.6. The molecule has 0 unspecified atom stereocenters. The number of hydrogen-bond donors (Lipinski definition) is 1. The highest BCUT2D eigenvalue weighted by Crippen LogP contribution is 2.29. The molecule has 0 atom stereocenters. The Kier molecular flexibility index (Phi) is 3.17. The number of pyridine rings is 1. The van der Waals surface area contributed by atoms with Crippen LogP contribution in [0.15, 0.2) is 36.5 Å². The number of aliphatic hydroxyl groups is 1. The van der Waals surface area contributed by atoms with Gasteiger partial charge in [0, 0.05) is 17.3 Å². The Morgan fingerprint density at radius 2 is 1.94 bits per heavy atom. The first kappa shape index (κ1) is 11.0. The van der Waals surface area contributed by atoms with Gasteiger partial charge in [-0.1, -0.05) is 29.8 Å². The van der Waals surface area contributed by atoms with E-state index in [0.717, 1.165) is 0 Å². The molecule has 0 bridgehead atoms. The van der Waals surface area contributed by atoms with Crippen LogP contribution in [0.4, 0.5) is 4.39 Å². The summed E-state index contributed by atoms with van der Waals surface area (Å²) in [4.78, 5) is 3.85. The molecule has 0 fully saturated rings. The lowest BCUT2D eigenvalue weighted by Gasteiger charge is -2.09. The van der Waals surface area contributed by atoms with Crippen LogP contribution >= 0.6 is 11.6 Å². The van der Waals surface area contributed by atoms with E-state index in [1.54, 1.807) is 24.3 Å². The van der Waals surface area contributed by atoms with E-state index in [1.807, 2.05) is 0 Å². The molecule has 82 valence electrons. The zero-order valence-electron chi connectivity index (χ0n) is 8.32. The lowest BCUT2D eigenvalue weighted by atomic mass is 10.0. The van der Waals surface area contributed by atoms with Crippen LogP contribution in [0.5, 0.6) is 0 Å². The quantitative estimate of drug-likeness (QED) is 0.815. The predicted octanol–water partition coefficient (Wildman–Crippen LogP) is 3.03. The number of aromatic nitrogens is 1. The van der Waals surface area contributed by atoms with Crippen LogP contribution < -0.4 is 0 Å². The van der Waals surface area contributed by atoms with Crippen LogP contribution in [0.3, 0.4) is 0 Å². The molecule has 0 saturated carbocycles. The molecule has 0 aliphatic carbocycles. The Morgan fingerprint density at radius 1 is 1.19 bits per heavy atom. The van der Waals surface area contributed by atoms with E-state index in [2.05, 4.69) is 4.98 Å². The van der Waals surface area contributed by atoms with Crippen molar-refractivity contribution in [2.24, 2.45) is 0 Å². The average Bonchev–Trinajstić information content (AvgIpc) is 2.29. The Morgan fingerprint density at radius 3 is 2.62 bits per heavy atom. The molecular weight excluding hydrogens is 229 g/mol. The Balaban J connectivity index is 2.65. The van der Waals surface area contributed by atoms with Crippen molar-refractivity contribution in [1.82, 2.24) is 4.98 Å². The molecule has 0 amide bonds. The predicted molar refractivity (Wildman–Crippen MR) is 60.6 cm³/mol. The first-order valence-electron chi connectivity index (χ1n) is 4.73. The Bertz CT molecular complexity index is 516. The number of aliphatic hydroxyl groups excluding tert-OH is 1. The van der Waals surface area contributed by atoms with E-state index in [0.29, 0.717) is 16.7 Å². The van der Waals surface area contributed by atoms with Crippen LogP contribution in [-0.2, 0) is 6.61 Å². The van der Waals surface area contributed by atoms with Gasteiger partial charge in [-0.15, -0.1) is 0 Å². The first-order chi connectivity index (χ1) is 7.74. The molecule has 1 heterocycles. The van der Waals surface area contributed by atoms with Crippen molar-refractivity contribution in [2.45, 2.75) is 6.61 Å². The molecule has 1 aromatic heterocycles. The third kappa shape index (κ3) is 1.92. The fraction of sp³-hybridized carbons (Fsp3) is 0.0833. The summed E-state index contributed by atoms with van der Waals surface area (Å²) in [6.07, 6.45) is 1.49. The summed E-state index contributed by atoms with van der Waals surface area (Å²) in [5, 5.41) is 9.40. The SMILES string of the molecule is OCc1c(-c2ccccc2F)ccnc1Cl. The summed E-state index contributed by atoms with van der Waals surface area (Å²) in [6.45, 7) is -0.268. The maximum Gasteiger partial charge on any atom is 0.135 e. The second kappa shape index (κ2) is 4.60. The smallest absolute Gasteiger partial charge is 0.135 e. The van der Waals surface area contributed by atoms with E-state index in [1.165, 1.54) is 12.3 Å². The molecule has 1 aromatic carbocycles. The molecule has 2 aromatic rings. The summed E-state index contributed by atoms with van der Waals surface area (Å²) in [5.74, 6) is -0.348. The van der Waals surface area contributed by atoms with Gasteiger partial charge in [0.1, 0.15) is 11.0 Å². The van der Waals surface area contributed by atoms with Crippen molar-refractivity contribution in [3.8, 4) is 11.1 Å². The zero-order chi connectivity index (χ0) is 11.5. The van der Waals surface area contributed by atoms with Crippen LogP contribution in [0.1, 0.15) is 5.56 Å². The molecular formula is C12H9ClFNO. The van der Waals surface area contributed by atoms with Crippen LogP contribution in [0, 0.1) is 5.82 Å². The summed E-state index contributed by atoms with van der Waals surface area (Å²) in [6, 6.07) is 7.98. The van der Waals surface area contributed by atoms with Gasteiger partial charge >= 0.3 is 0 Å². The lowest BCUT2D eigenvalue weighted by Crippen LogP contribution is -1.94. The Hall–Kier alpha value is -1.45. The van der Waals surface area contributed by atoms with Gasteiger partial charge in [-0.2, -0.15) is 0 Å². The molecule has 0 radical (unpaired) electrons. The van der Waals surface area contributed by atoms with E-state index in [-0.39, 0.29) is 17.6 Å². The molecule has 2 nitrogen and oxygen atoms in total. The van der Waals surface area contributed by atoms with E-state index < -0.39 is 0 Å². The van der Waals surface area contributed by atoms with E-state index in [4.69, 9.17) is 11.6 Å². The minimum Gasteiger partial charge on any atom is -0.392 e. The second-order valence-corrected chi connectivity index (χ2v) is 3.62. The van der Waals surface area contributed by atoms with Gasteiger partial charge in [0.15, 0.2) is 0 Å². The van der Waals surface area contributed by atoms with Crippen molar-refractivity contribution in [1.29, 1.82) is 0 Å². The van der Waals surface area contributed by atoms with Crippen molar-refractivity contribution in [2.75, 3.05) is 0 Å². The highest BCUT2D eigenvalue weighted by molar-refractivity contribution is 6.30. The molecule has 0 spiro atoms.